The van der Waals surface area contributed by atoms with Crippen molar-refractivity contribution in [3.05, 3.63) is 0 Å². The quantitative estimate of drug-likeness (QED) is 0.357. The van der Waals surface area contributed by atoms with Crippen LogP contribution in [-0.2, 0) is 4.74 Å². The number of aliphatic imine (C=N–C) groups is 1. The topological polar surface area (TPSA) is 45.7 Å². The molecule has 2 rings (SSSR count). The molecule has 2 aliphatic rings. The Balaban J connectivity index is 0.00000242. The molecule has 0 bridgehead atoms. The van der Waals surface area contributed by atoms with Crippen molar-refractivity contribution < 1.29 is 4.74 Å². The smallest absolute Gasteiger partial charge is 0.191 e. The summed E-state index contributed by atoms with van der Waals surface area (Å²) >= 11 is 0. The van der Waals surface area contributed by atoms with Crippen molar-refractivity contribution in [2.45, 2.75) is 58.3 Å². The summed E-state index contributed by atoms with van der Waals surface area (Å²) in [5.41, 5.74) is 0.967. The molecule has 2 saturated carbocycles. The molecule has 2 aliphatic carbocycles. The van der Waals surface area contributed by atoms with Gasteiger partial charge in [-0.15, -0.1) is 24.0 Å². The van der Waals surface area contributed by atoms with Crippen molar-refractivity contribution >= 4 is 29.9 Å². The molecule has 0 spiro atoms. The summed E-state index contributed by atoms with van der Waals surface area (Å²) in [6, 6.07) is 0. The van der Waals surface area contributed by atoms with Crippen LogP contribution in [0.5, 0.6) is 0 Å². The highest BCUT2D eigenvalue weighted by atomic mass is 127. The highest BCUT2D eigenvalue weighted by Crippen LogP contribution is 2.48. The molecule has 2 fully saturated rings. The van der Waals surface area contributed by atoms with E-state index in [1.165, 1.54) is 44.9 Å². The first-order valence-electron chi connectivity index (χ1n) is 8.61. The van der Waals surface area contributed by atoms with Crippen molar-refractivity contribution in [1.29, 1.82) is 0 Å². The Morgan fingerprint density at radius 2 is 1.64 bits per heavy atom. The van der Waals surface area contributed by atoms with Gasteiger partial charge >= 0.3 is 0 Å². The van der Waals surface area contributed by atoms with Crippen molar-refractivity contribution in [1.82, 2.24) is 10.6 Å². The summed E-state index contributed by atoms with van der Waals surface area (Å²) in [6.07, 6.45) is 10.6. The van der Waals surface area contributed by atoms with Gasteiger partial charge in [-0.2, -0.15) is 0 Å². The molecule has 0 saturated heterocycles. The zero-order chi connectivity index (χ0) is 15.2. The number of guanidine groups is 1. The molecule has 22 heavy (non-hydrogen) atoms. The molecule has 5 heteroatoms. The summed E-state index contributed by atoms with van der Waals surface area (Å²) < 4.78 is 5.22. The standard InChI is InChI=1S/C17H33N3O.HI/c1-4-16(7-5-6-8-16)13-19-15(18-2)20-14-17(9-10-17)11-12-21-3;/h4-14H2,1-3H3,(H2,18,19,20);1H. The van der Waals surface area contributed by atoms with Crippen LogP contribution in [0.3, 0.4) is 0 Å². The normalized spacial score (nSPS) is 22.0. The third-order valence-electron chi connectivity index (χ3n) is 5.69. The molecule has 0 amide bonds. The van der Waals surface area contributed by atoms with E-state index in [-0.39, 0.29) is 24.0 Å². The molecule has 4 nitrogen and oxygen atoms in total. The number of nitrogens with one attached hydrogen (secondary N) is 2. The van der Waals surface area contributed by atoms with Gasteiger partial charge in [0, 0.05) is 33.9 Å². The molecule has 0 aromatic carbocycles. The third kappa shape index (κ3) is 5.55. The maximum atomic E-state index is 5.22. The average Bonchev–Trinajstić information content (AvgIpc) is 3.13. The number of nitrogens with zero attached hydrogens (tertiary/aromatic N) is 1. The van der Waals surface area contributed by atoms with Crippen LogP contribution in [0.15, 0.2) is 4.99 Å². The minimum atomic E-state index is 0. The Kier molecular flexibility index (Phi) is 8.46. The van der Waals surface area contributed by atoms with Crippen LogP contribution in [0.4, 0.5) is 0 Å². The minimum Gasteiger partial charge on any atom is -0.385 e. The van der Waals surface area contributed by atoms with E-state index >= 15 is 0 Å². The van der Waals surface area contributed by atoms with E-state index in [0.29, 0.717) is 10.8 Å². The van der Waals surface area contributed by atoms with Gasteiger partial charge in [0.25, 0.3) is 0 Å². The fourth-order valence-corrected chi connectivity index (χ4v) is 3.55. The number of methoxy groups -OCH3 is 1. The Hall–Kier alpha value is -0.0400. The lowest BCUT2D eigenvalue weighted by molar-refractivity contribution is 0.172. The number of hydrogen-bond acceptors (Lipinski definition) is 2. The molecule has 2 N–H and O–H groups in total. The van der Waals surface area contributed by atoms with Gasteiger partial charge in [-0.3, -0.25) is 4.99 Å². The summed E-state index contributed by atoms with van der Waals surface area (Å²) in [5, 5.41) is 7.10. The van der Waals surface area contributed by atoms with Gasteiger partial charge in [-0.05, 0) is 49.4 Å². The third-order valence-corrected chi connectivity index (χ3v) is 5.69. The lowest BCUT2D eigenvalue weighted by Crippen LogP contribution is -2.44. The first-order chi connectivity index (χ1) is 10.2. The lowest BCUT2D eigenvalue weighted by atomic mass is 9.83. The Labute approximate surface area is 153 Å². The molecule has 0 unspecified atom stereocenters. The van der Waals surface area contributed by atoms with Crippen LogP contribution in [0.2, 0.25) is 0 Å². The summed E-state index contributed by atoms with van der Waals surface area (Å²) in [6.45, 7) is 5.28. The summed E-state index contributed by atoms with van der Waals surface area (Å²) in [5.74, 6) is 0.971. The largest absolute Gasteiger partial charge is 0.385 e. The van der Waals surface area contributed by atoms with Crippen LogP contribution >= 0.6 is 24.0 Å². The molecule has 0 atom stereocenters. The van der Waals surface area contributed by atoms with Gasteiger partial charge in [0.2, 0.25) is 0 Å². The second kappa shape index (κ2) is 9.30. The predicted octanol–water partition coefficient (Wildman–Crippen LogP) is 3.56. The Morgan fingerprint density at radius 3 is 2.09 bits per heavy atom. The van der Waals surface area contributed by atoms with Crippen LogP contribution < -0.4 is 10.6 Å². The summed E-state index contributed by atoms with van der Waals surface area (Å²) in [4.78, 5) is 4.39. The first kappa shape index (κ1) is 20.0. The molecule has 0 aromatic heterocycles. The highest BCUT2D eigenvalue weighted by molar-refractivity contribution is 14.0. The number of ether oxygens (including phenoxy) is 1. The molecule has 130 valence electrons. The van der Waals surface area contributed by atoms with Crippen molar-refractivity contribution in [2.24, 2.45) is 15.8 Å². The maximum absolute atomic E-state index is 5.22. The Morgan fingerprint density at radius 1 is 1.05 bits per heavy atom. The van der Waals surface area contributed by atoms with Crippen molar-refractivity contribution in [3.63, 3.8) is 0 Å². The fourth-order valence-electron chi connectivity index (χ4n) is 3.55. The van der Waals surface area contributed by atoms with Gasteiger partial charge < -0.3 is 15.4 Å². The SMILES string of the molecule is CCC1(CNC(=NC)NCC2(CCOC)CC2)CCCC1.I. The molecular weight excluding hydrogens is 389 g/mol. The molecule has 0 heterocycles. The van der Waals surface area contributed by atoms with Gasteiger partial charge in [0.15, 0.2) is 5.96 Å². The van der Waals surface area contributed by atoms with Gasteiger partial charge in [-0.1, -0.05) is 19.8 Å². The lowest BCUT2D eigenvalue weighted by Gasteiger charge is -2.29. The van der Waals surface area contributed by atoms with E-state index in [4.69, 9.17) is 4.74 Å². The highest BCUT2D eigenvalue weighted by Gasteiger charge is 2.42. The predicted molar refractivity (Wildman–Crippen MR) is 104 cm³/mol. The molecular formula is C17H34IN3O. The van der Waals surface area contributed by atoms with E-state index < -0.39 is 0 Å². The van der Waals surface area contributed by atoms with Crippen molar-refractivity contribution in [3.8, 4) is 0 Å². The number of hydrogen-bond donors (Lipinski definition) is 2. The average molecular weight is 423 g/mol. The van der Waals surface area contributed by atoms with Gasteiger partial charge in [0.1, 0.15) is 0 Å². The zero-order valence-electron chi connectivity index (χ0n) is 14.5. The summed E-state index contributed by atoms with van der Waals surface area (Å²) in [7, 11) is 3.66. The van der Waals surface area contributed by atoms with E-state index in [0.717, 1.165) is 32.1 Å². The first-order valence-corrected chi connectivity index (χ1v) is 8.61. The van der Waals surface area contributed by atoms with Gasteiger partial charge in [0.05, 0.1) is 0 Å². The van der Waals surface area contributed by atoms with E-state index in [1.54, 1.807) is 7.11 Å². The number of rotatable bonds is 8. The van der Waals surface area contributed by atoms with Crippen LogP contribution in [0.25, 0.3) is 0 Å². The van der Waals surface area contributed by atoms with E-state index in [2.05, 4.69) is 22.5 Å². The molecule has 0 aliphatic heterocycles. The van der Waals surface area contributed by atoms with Crippen LogP contribution in [0.1, 0.15) is 58.3 Å². The maximum Gasteiger partial charge on any atom is 0.191 e. The van der Waals surface area contributed by atoms with E-state index in [9.17, 15) is 0 Å². The zero-order valence-corrected chi connectivity index (χ0v) is 16.9. The monoisotopic (exact) mass is 423 g/mol. The van der Waals surface area contributed by atoms with Crippen molar-refractivity contribution in [2.75, 3.05) is 33.9 Å². The molecule has 0 radical (unpaired) electrons. The second-order valence-corrected chi connectivity index (χ2v) is 7.08. The minimum absolute atomic E-state index is 0. The van der Waals surface area contributed by atoms with Gasteiger partial charge in [-0.25, -0.2) is 0 Å². The van der Waals surface area contributed by atoms with Crippen LogP contribution in [-0.4, -0.2) is 39.8 Å². The number of halogens is 1. The van der Waals surface area contributed by atoms with Crippen LogP contribution in [0, 0.1) is 10.8 Å². The second-order valence-electron chi connectivity index (χ2n) is 7.08. The fraction of sp³-hybridized carbons (Fsp3) is 0.941. The van der Waals surface area contributed by atoms with E-state index in [1.807, 2.05) is 7.05 Å². The Bertz CT molecular complexity index is 350. The molecule has 0 aromatic rings.